The summed E-state index contributed by atoms with van der Waals surface area (Å²) in [7, 11) is 1.53. The molecule has 0 unspecified atom stereocenters. The maximum atomic E-state index is 12.3. The minimum absolute atomic E-state index is 0.0243. The molecule has 0 fully saturated rings. The van der Waals surface area contributed by atoms with Crippen molar-refractivity contribution in [1.82, 2.24) is 10.3 Å². The number of para-hydroxylation sites is 2. The van der Waals surface area contributed by atoms with Crippen LogP contribution < -0.4 is 20.1 Å². The number of ether oxygens (including phenoxy) is 2. The molecule has 0 spiro atoms. The van der Waals surface area contributed by atoms with Crippen LogP contribution in [0.5, 0.6) is 11.5 Å². The lowest BCUT2D eigenvalue weighted by Crippen LogP contribution is -2.24. The number of carbonyl (C=O) groups excluding carboxylic acids is 2. The van der Waals surface area contributed by atoms with E-state index < -0.39 is 5.91 Å². The molecular weight excluding hydrogens is 420 g/mol. The highest BCUT2D eigenvalue weighted by atomic mass is 16.5. The Bertz CT molecular complexity index is 1170. The molecule has 0 bridgehead atoms. The normalized spacial score (nSPS) is 10.6. The van der Waals surface area contributed by atoms with Gasteiger partial charge in [-0.25, -0.2) is 0 Å². The number of aromatic nitrogens is 1. The smallest absolute Gasteiger partial charge is 0.262 e. The fourth-order valence-corrected chi connectivity index (χ4v) is 2.84. The topological polar surface area (TPSA) is 113 Å². The molecule has 0 radical (unpaired) electrons. The van der Waals surface area contributed by atoms with Crippen LogP contribution in [0.3, 0.4) is 0 Å². The van der Waals surface area contributed by atoms with E-state index in [2.05, 4.69) is 15.6 Å². The van der Waals surface area contributed by atoms with E-state index in [0.717, 1.165) is 5.56 Å². The summed E-state index contributed by atoms with van der Waals surface area (Å²) in [4.78, 5) is 28.4. The molecule has 3 aromatic rings. The second-order valence-corrected chi connectivity index (χ2v) is 6.82. The van der Waals surface area contributed by atoms with Gasteiger partial charge in [-0.2, -0.15) is 5.26 Å². The van der Waals surface area contributed by atoms with Crippen LogP contribution in [-0.4, -0.2) is 30.5 Å². The minimum Gasteiger partial charge on any atom is -0.495 e. The standard InChI is InChI=1S/C25H22N4O4/c1-32-23-7-3-2-6-22(23)29-24(30)17-33-21-10-8-18(9-11-21)13-20(14-26)25(31)28-16-19-5-4-12-27-15-19/h2-13,15H,16-17H2,1H3,(H,28,31)(H,29,30)/b20-13+. The van der Waals surface area contributed by atoms with Gasteiger partial charge in [0, 0.05) is 18.9 Å². The van der Waals surface area contributed by atoms with E-state index in [1.54, 1.807) is 60.9 Å². The van der Waals surface area contributed by atoms with E-state index in [1.165, 1.54) is 13.2 Å². The van der Waals surface area contributed by atoms with Gasteiger partial charge in [-0.3, -0.25) is 14.6 Å². The average molecular weight is 442 g/mol. The molecule has 1 aromatic heterocycles. The number of hydrogen-bond donors (Lipinski definition) is 2. The molecule has 3 rings (SSSR count). The van der Waals surface area contributed by atoms with Crippen LogP contribution in [0.15, 0.2) is 78.6 Å². The highest BCUT2D eigenvalue weighted by Gasteiger charge is 2.10. The van der Waals surface area contributed by atoms with Crippen LogP contribution in [0, 0.1) is 11.3 Å². The Labute approximate surface area is 191 Å². The number of anilines is 1. The third-order valence-corrected chi connectivity index (χ3v) is 4.48. The molecule has 0 saturated carbocycles. The third kappa shape index (κ3) is 6.94. The largest absolute Gasteiger partial charge is 0.495 e. The number of pyridine rings is 1. The summed E-state index contributed by atoms with van der Waals surface area (Å²) in [6, 6.07) is 19.3. The van der Waals surface area contributed by atoms with Gasteiger partial charge in [-0.05, 0) is 47.5 Å². The predicted octanol–water partition coefficient (Wildman–Crippen LogP) is 3.33. The van der Waals surface area contributed by atoms with E-state index >= 15 is 0 Å². The third-order valence-electron chi connectivity index (χ3n) is 4.48. The highest BCUT2D eigenvalue weighted by molar-refractivity contribution is 6.01. The summed E-state index contributed by atoms with van der Waals surface area (Å²) >= 11 is 0. The molecule has 0 saturated heterocycles. The van der Waals surface area contributed by atoms with Crippen molar-refractivity contribution in [3.05, 3.63) is 89.8 Å². The number of methoxy groups -OCH3 is 1. The van der Waals surface area contributed by atoms with Gasteiger partial charge in [-0.15, -0.1) is 0 Å². The van der Waals surface area contributed by atoms with Crippen molar-refractivity contribution in [1.29, 1.82) is 5.26 Å². The lowest BCUT2D eigenvalue weighted by atomic mass is 10.1. The number of nitriles is 1. The molecule has 0 aliphatic heterocycles. The first kappa shape index (κ1) is 23.0. The van der Waals surface area contributed by atoms with E-state index in [9.17, 15) is 14.9 Å². The second-order valence-electron chi connectivity index (χ2n) is 6.82. The summed E-state index contributed by atoms with van der Waals surface area (Å²) in [5, 5.41) is 14.8. The maximum absolute atomic E-state index is 12.3. The molecule has 0 atom stereocenters. The van der Waals surface area contributed by atoms with Gasteiger partial charge in [0.1, 0.15) is 23.1 Å². The van der Waals surface area contributed by atoms with E-state index in [-0.39, 0.29) is 24.6 Å². The van der Waals surface area contributed by atoms with Crippen LogP contribution in [-0.2, 0) is 16.1 Å². The number of nitrogens with zero attached hydrogens (tertiary/aromatic N) is 2. The van der Waals surface area contributed by atoms with Crippen molar-refractivity contribution in [3.8, 4) is 17.6 Å². The van der Waals surface area contributed by atoms with E-state index in [4.69, 9.17) is 9.47 Å². The first-order chi connectivity index (χ1) is 16.1. The molecule has 8 nitrogen and oxygen atoms in total. The lowest BCUT2D eigenvalue weighted by Gasteiger charge is -2.10. The van der Waals surface area contributed by atoms with Crippen molar-refractivity contribution >= 4 is 23.6 Å². The Morgan fingerprint density at radius 3 is 2.58 bits per heavy atom. The molecule has 166 valence electrons. The lowest BCUT2D eigenvalue weighted by molar-refractivity contribution is -0.118. The molecular formula is C25H22N4O4. The van der Waals surface area contributed by atoms with Crippen molar-refractivity contribution in [2.24, 2.45) is 0 Å². The number of amides is 2. The Balaban J connectivity index is 1.54. The monoisotopic (exact) mass is 442 g/mol. The Morgan fingerprint density at radius 2 is 1.88 bits per heavy atom. The minimum atomic E-state index is -0.477. The van der Waals surface area contributed by atoms with Crippen LogP contribution in [0.25, 0.3) is 6.08 Å². The van der Waals surface area contributed by atoms with Crippen molar-refractivity contribution in [2.45, 2.75) is 6.54 Å². The molecule has 2 N–H and O–H groups in total. The summed E-state index contributed by atoms with van der Waals surface area (Å²) < 4.78 is 10.7. The maximum Gasteiger partial charge on any atom is 0.262 e. The average Bonchev–Trinajstić information content (AvgIpc) is 2.86. The van der Waals surface area contributed by atoms with Gasteiger partial charge in [0.05, 0.1) is 12.8 Å². The highest BCUT2D eigenvalue weighted by Crippen LogP contribution is 2.23. The Kier molecular flexibility index (Phi) is 8.15. The summed E-state index contributed by atoms with van der Waals surface area (Å²) in [6.07, 6.45) is 4.77. The zero-order valence-electron chi connectivity index (χ0n) is 17.9. The number of carbonyl (C=O) groups is 2. The van der Waals surface area contributed by atoms with Crippen molar-refractivity contribution in [3.63, 3.8) is 0 Å². The first-order valence-electron chi connectivity index (χ1n) is 10.0. The number of hydrogen-bond acceptors (Lipinski definition) is 6. The van der Waals surface area contributed by atoms with Gasteiger partial charge >= 0.3 is 0 Å². The van der Waals surface area contributed by atoms with E-state index in [1.807, 2.05) is 18.2 Å². The molecule has 2 aromatic carbocycles. The van der Waals surface area contributed by atoms with Crippen LogP contribution in [0.1, 0.15) is 11.1 Å². The SMILES string of the molecule is COc1ccccc1NC(=O)COc1ccc(/C=C(\C#N)C(=O)NCc2cccnc2)cc1. The van der Waals surface area contributed by atoms with Gasteiger partial charge in [0.25, 0.3) is 11.8 Å². The number of rotatable bonds is 9. The van der Waals surface area contributed by atoms with Crippen LogP contribution in [0.4, 0.5) is 5.69 Å². The number of benzene rings is 2. The Hall–Kier alpha value is -4.64. The van der Waals surface area contributed by atoms with Crippen molar-refractivity contribution < 1.29 is 19.1 Å². The molecule has 0 aliphatic rings. The van der Waals surface area contributed by atoms with Gasteiger partial charge in [-0.1, -0.05) is 30.3 Å². The summed E-state index contributed by atoms with van der Waals surface area (Å²) in [5.41, 5.74) is 2.01. The molecule has 2 amide bonds. The number of nitrogens with one attached hydrogen (secondary N) is 2. The van der Waals surface area contributed by atoms with Gasteiger partial charge < -0.3 is 20.1 Å². The van der Waals surface area contributed by atoms with Crippen LogP contribution >= 0.6 is 0 Å². The fraction of sp³-hybridized carbons (Fsp3) is 0.120. The van der Waals surface area contributed by atoms with Crippen LogP contribution in [0.2, 0.25) is 0 Å². The zero-order chi connectivity index (χ0) is 23.5. The Morgan fingerprint density at radius 1 is 1.09 bits per heavy atom. The van der Waals surface area contributed by atoms with E-state index in [0.29, 0.717) is 22.7 Å². The summed E-state index contributed by atoms with van der Waals surface area (Å²) in [5.74, 6) is 0.219. The van der Waals surface area contributed by atoms with Gasteiger partial charge in [0.2, 0.25) is 0 Å². The fourth-order valence-electron chi connectivity index (χ4n) is 2.84. The van der Waals surface area contributed by atoms with Crippen molar-refractivity contribution in [2.75, 3.05) is 19.0 Å². The molecule has 0 aliphatic carbocycles. The molecule has 1 heterocycles. The second kappa shape index (κ2) is 11.7. The zero-order valence-corrected chi connectivity index (χ0v) is 17.9. The van der Waals surface area contributed by atoms with Gasteiger partial charge in [0.15, 0.2) is 6.61 Å². The molecule has 33 heavy (non-hydrogen) atoms. The quantitative estimate of drug-likeness (QED) is 0.388. The molecule has 8 heteroatoms. The summed E-state index contributed by atoms with van der Waals surface area (Å²) in [6.45, 7) is 0.0861. The predicted molar refractivity (Wildman–Crippen MR) is 123 cm³/mol. The first-order valence-corrected chi connectivity index (χ1v) is 10.0.